The summed E-state index contributed by atoms with van der Waals surface area (Å²) in [5.74, 6) is 1.71. The lowest BCUT2D eigenvalue weighted by atomic mass is 9.95. The largest absolute Gasteiger partial charge is 0.312 e. The maximum absolute atomic E-state index is 3.60. The van der Waals surface area contributed by atoms with Gasteiger partial charge in [0.2, 0.25) is 0 Å². The molecule has 1 aromatic rings. The first-order chi connectivity index (χ1) is 7.13. The third kappa shape index (κ3) is 2.45. The second-order valence-corrected chi connectivity index (χ2v) is 6.66. The van der Waals surface area contributed by atoms with Crippen molar-refractivity contribution < 1.29 is 0 Å². The molecule has 2 atom stereocenters. The molecule has 84 valence electrons. The second kappa shape index (κ2) is 4.56. The van der Waals surface area contributed by atoms with E-state index in [4.69, 9.17) is 0 Å². The highest BCUT2D eigenvalue weighted by Gasteiger charge is 2.34. The van der Waals surface area contributed by atoms with E-state index in [9.17, 15) is 0 Å². The minimum absolute atomic E-state index is 0.535. The van der Waals surface area contributed by atoms with E-state index < -0.39 is 0 Å². The van der Waals surface area contributed by atoms with E-state index in [1.807, 2.05) is 11.3 Å². The summed E-state index contributed by atoms with van der Waals surface area (Å²) in [5, 5.41) is 3.47. The highest BCUT2D eigenvalue weighted by molar-refractivity contribution is 9.10. The molecule has 1 N–H and O–H groups in total. The van der Waals surface area contributed by atoms with Crippen LogP contribution in [0.5, 0.6) is 0 Å². The molecule has 0 radical (unpaired) electrons. The van der Waals surface area contributed by atoms with Gasteiger partial charge >= 0.3 is 0 Å². The number of halogens is 1. The highest BCUT2D eigenvalue weighted by atomic mass is 79.9. The molecule has 0 spiro atoms. The Bertz CT molecular complexity index is 324. The van der Waals surface area contributed by atoms with E-state index in [0.717, 1.165) is 11.8 Å². The Labute approximate surface area is 104 Å². The van der Waals surface area contributed by atoms with Crippen molar-refractivity contribution in [3.63, 3.8) is 0 Å². The fraction of sp³-hybridized carbons (Fsp3) is 0.667. The Morgan fingerprint density at radius 1 is 1.53 bits per heavy atom. The van der Waals surface area contributed by atoms with Gasteiger partial charge in [-0.05, 0) is 60.6 Å². The smallest absolute Gasteiger partial charge is 0.0441 e. The molecule has 1 aliphatic carbocycles. The van der Waals surface area contributed by atoms with Gasteiger partial charge in [0, 0.05) is 20.3 Å². The lowest BCUT2D eigenvalue weighted by molar-refractivity contribution is 0.374. The van der Waals surface area contributed by atoms with Gasteiger partial charge in [-0.3, -0.25) is 0 Å². The quantitative estimate of drug-likeness (QED) is 0.878. The summed E-state index contributed by atoms with van der Waals surface area (Å²) in [6, 6.07) is 2.81. The van der Waals surface area contributed by atoms with Crippen LogP contribution in [0.15, 0.2) is 10.5 Å². The monoisotopic (exact) mass is 287 g/mol. The average molecular weight is 288 g/mol. The van der Waals surface area contributed by atoms with Crippen LogP contribution < -0.4 is 5.32 Å². The molecule has 1 fully saturated rings. The van der Waals surface area contributed by atoms with Crippen LogP contribution in [0.2, 0.25) is 0 Å². The van der Waals surface area contributed by atoms with E-state index >= 15 is 0 Å². The van der Waals surface area contributed by atoms with Gasteiger partial charge in [-0.1, -0.05) is 6.92 Å². The van der Waals surface area contributed by atoms with E-state index in [2.05, 4.69) is 48.2 Å². The molecule has 0 amide bonds. The molecule has 15 heavy (non-hydrogen) atoms. The Hall–Kier alpha value is 0.140. The van der Waals surface area contributed by atoms with Crippen molar-refractivity contribution >= 4 is 27.3 Å². The molecule has 1 saturated carbocycles. The predicted octanol–water partition coefficient (Wildman–Crippen LogP) is 4.13. The zero-order valence-corrected chi connectivity index (χ0v) is 11.9. The van der Waals surface area contributed by atoms with Crippen LogP contribution in [0.1, 0.15) is 35.6 Å². The first-order valence-corrected chi connectivity index (χ1v) is 7.17. The van der Waals surface area contributed by atoms with Crippen LogP contribution >= 0.6 is 27.3 Å². The molecule has 2 rings (SSSR count). The average Bonchev–Trinajstić information content (AvgIpc) is 2.97. The third-order valence-electron chi connectivity index (χ3n) is 3.39. The fourth-order valence-corrected chi connectivity index (χ4v) is 3.98. The van der Waals surface area contributed by atoms with Crippen molar-refractivity contribution in [2.24, 2.45) is 11.8 Å². The van der Waals surface area contributed by atoms with Gasteiger partial charge in [0.15, 0.2) is 0 Å². The second-order valence-electron chi connectivity index (χ2n) is 4.52. The number of hydrogen-bond acceptors (Lipinski definition) is 2. The molecule has 1 aromatic heterocycles. The summed E-state index contributed by atoms with van der Waals surface area (Å²) in [7, 11) is 2.08. The van der Waals surface area contributed by atoms with Gasteiger partial charge < -0.3 is 5.32 Å². The summed E-state index contributed by atoms with van der Waals surface area (Å²) in [6.45, 7) is 4.55. The third-order valence-corrected chi connectivity index (χ3v) is 5.60. The zero-order valence-electron chi connectivity index (χ0n) is 9.51. The maximum atomic E-state index is 3.60. The van der Waals surface area contributed by atoms with Crippen molar-refractivity contribution in [3.8, 4) is 0 Å². The minimum Gasteiger partial charge on any atom is -0.312 e. The number of aryl methyl sites for hydroxylation is 1. The standard InChI is InChI=1S/C12H18BrNS/c1-7(9-4-5-9)12(14-3)11-6-10(13)8(2)15-11/h6-7,9,12,14H,4-5H2,1-3H3. The predicted molar refractivity (Wildman–Crippen MR) is 70.4 cm³/mol. The van der Waals surface area contributed by atoms with Crippen LogP contribution in [-0.4, -0.2) is 7.05 Å². The number of rotatable bonds is 4. The first kappa shape index (κ1) is 11.6. The van der Waals surface area contributed by atoms with Gasteiger partial charge in [0.05, 0.1) is 0 Å². The summed E-state index contributed by atoms with van der Waals surface area (Å²) >= 11 is 5.51. The molecule has 1 nitrogen and oxygen atoms in total. The van der Waals surface area contributed by atoms with E-state index in [1.165, 1.54) is 27.1 Å². The van der Waals surface area contributed by atoms with Gasteiger partial charge in [-0.2, -0.15) is 0 Å². The lowest BCUT2D eigenvalue weighted by Crippen LogP contribution is -2.23. The summed E-state index contributed by atoms with van der Waals surface area (Å²) in [4.78, 5) is 2.86. The van der Waals surface area contributed by atoms with Gasteiger partial charge in [0.1, 0.15) is 0 Å². The molecule has 2 unspecified atom stereocenters. The summed E-state index contributed by atoms with van der Waals surface area (Å²) in [6.07, 6.45) is 2.84. The van der Waals surface area contributed by atoms with Crippen molar-refractivity contribution in [3.05, 3.63) is 20.3 Å². The van der Waals surface area contributed by atoms with Gasteiger partial charge in [0.25, 0.3) is 0 Å². The molecule has 1 aliphatic rings. The molecular weight excluding hydrogens is 270 g/mol. The van der Waals surface area contributed by atoms with Crippen molar-refractivity contribution in [2.75, 3.05) is 7.05 Å². The lowest BCUT2D eigenvalue weighted by Gasteiger charge is -2.22. The van der Waals surface area contributed by atoms with Crippen molar-refractivity contribution in [1.82, 2.24) is 5.32 Å². The van der Waals surface area contributed by atoms with Crippen LogP contribution in [-0.2, 0) is 0 Å². The topological polar surface area (TPSA) is 12.0 Å². The molecule has 0 bridgehead atoms. The van der Waals surface area contributed by atoms with E-state index in [-0.39, 0.29) is 0 Å². The van der Waals surface area contributed by atoms with Gasteiger partial charge in [-0.25, -0.2) is 0 Å². The SMILES string of the molecule is CNC(c1cc(Br)c(C)s1)C(C)C1CC1. The zero-order chi connectivity index (χ0) is 11.0. The highest BCUT2D eigenvalue weighted by Crippen LogP contribution is 2.44. The first-order valence-electron chi connectivity index (χ1n) is 5.56. The van der Waals surface area contributed by atoms with Crippen LogP contribution in [0.3, 0.4) is 0 Å². The summed E-state index contributed by atoms with van der Waals surface area (Å²) < 4.78 is 1.26. The summed E-state index contributed by atoms with van der Waals surface area (Å²) in [5.41, 5.74) is 0. The Morgan fingerprint density at radius 3 is 2.60 bits per heavy atom. The number of thiophene rings is 1. The maximum Gasteiger partial charge on any atom is 0.0441 e. The van der Waals surface area contributed by atoms with Crippen molar-refractivity contribution in [1.29, 1.82) is 0 Å². The molecule has 0 aliphatic heterocycles. The Balaban J connectivity index is 2.17. The molecular formula is C12H18BrNS. The van der Waals surface area contributed by atoms with Crippen molar-refractivity contribution in [2.45, 2.75) is 32.7 Å². The molecule has 3 heteroatoms. The fourth-order valence-electron chi connectivity index (χ4n) is 2.19. The molecule has 0 aromatic carbocycles. The Morgan fingerprint density at radius 2 is 2.20 bits per heavy atom. The number of nitrogens with one attached hydrogen (secondary N) is 1. The van der Waals surface area contributed by atoms with E-state index in [0.29, 0.717) is 6.04 Å². The number of hydrogen-bond donors (Lipinski definition) is 1. The van der Waals surface area contributed by atoms with Crippen LogP contribution in [0.4, 0.5) is 0 Å². The van der Waals surface area contributed by atoms with E-state index in [1.54, 1.807) is 0 Å². The van der Waals surface area contributed by atoms with Crippen LogP contribution in [0, 0.1) is 18.8 Å². The van der Waals surface area contributed by atoms with Crippen LogP contribution in [0.25, 0.3) is 0 Å². The Kier molecular flexibility index (Phi) is 3.53. The molecule has 0 saturated heterocycles. The minimum atomic E-state index is 0.535. The normalized spacial score (nSPS) is 20.3. The van der Waals surface area contributed by atoms with Gasteiger partial charge in [-0.15, -0.1) is 11.3 Å². The molecule has 1 heterocycles.